The Hall–Kier alpha value is -2.87. The number of amidine groups is 1. The molecule has 0 saturated carbocycles. The molecule has 0 spiro atoms. The zero-order chi connectivity index (χ0) is 20.8. The van der Waals surface area contributed by atoms with E-state index in [2.05, 4.69) is 15.0 Å². The van der Waals surface area contributed by atoms with Crippen LogP contribution in [-0.2, 0) is 21.8 Å². The lowest BCUT2D eigenvalue weighted by atomic mass is 9.91. The predicted octanol–water partition coefficient (Wildman–Crippen LogP) is 2.67. The van der Waals surface area contributed by atoms with Gasteiger partial charge in [-0.3, -0.25) is 15.0 Å². The Morgan fingerprint density at radius 2 is 2.00 bits per heavy atom. The molecule has 4 rings (SSSR count). The van der Waals surface area contributed by atoms with Crippen LogP contribution in [0.5, 0.6) is 0 Å². The first-order valence-electron chi connectivity index (χ1n) is 9.19. The lowest BCUT2D eigenvalue weighted by Gasteiger charge is -2.30. The maximum atomic E-state index is 14.7. The summed E-state index contributed by atoms with van der Waals surface area (Å²) in [6.07, 6.45) is 3.95. The summed E-state index contributed by atoms with van der Waals surface area (Å²) in [6.45, 7) is 3.57. The minimum absolute atomic E-state index is 0.00107. The monoisotopic (exact) mass is 412 g/mol. The molecule has 8 heteroatoms. The third kappa shape index (κ3) is 3.85. The molecule has 1 aromatic carbocycles. The molecule has 3 aromatic rings. The topological polar surface area (TPSA) is 98.3 Å². The molecular formula is C21H21FN4O2S. The number of fused-ring (bicyclic) bond motifs is 1. The van der Waals surface area contributed by atoms with Crippen LogP contribution < -0.4 is 5.73 Å². The number of aryl methyl sites for hydroxylation is 1. The van der Waals surface area contributed by atoms with Crippen molar-refractivity contribution >= 4 is 26.6 Å². The summed E-state index contributed by atoms with van der Waals surface area (Å²) < 4.78 is 39.1. The van der Waals surface area contributed by atoms with E-state index in [-0.39, 0.29) is 22.9 Å². The number of nitrogens with zero attached hydrogens (tertiary/aromatic N) is 3. The summed E-state index contributed by atoms with van der Waals surface area (Å²) in [6, 6.07) is 8.60. The third-order valence-electron chi connectivity index (χ3n) is 5.05. The largest absolute Gasteiger partial charge is 0.387 e. The van der Waals surface area contributed by atoms with Gasteiger partial charge in [0.05, 0.1) is 17.0 Å². The molecule has 0 radical (unpaired) electrons. The fourth-order valence-electron chi connectivity index (χ4n) is 3.87. The summed E-state index contributed by atoms with van der Waals surface area (Å²) in [5.41, 5.74) is 8.10. The normalized spacial score (nSPS) is 21.1. The highest BCUT2D eigenvalue weighted by molar-refractivity contribution is 7.92. The number of sulfone groups is 1. The van der Waals surface area contributed by atoms with Crippen LogP contribution in [0.25, 0.3) is 10.9 Å². The van der Waals surface area contributed by atoms with Gasteiger partial charge in [0.25, 0.3) is 0 Å². The molecule has 0 amide bonds. The molecule has 3 heterocycles. The zero-order valence-corrected chi connectivity index (χ0v) is 17.0. The standard InChI is InChI=1S/C21H21FN4O2S/c1-13-7-15-5-6-24-18(20(15)25-10-13)9-14-3-4-17(22)16(8-14)21(2)12-29(27,28)11-19(23)26-21/h3-8,10H,9,11-12H2,1-2H3,(H2,23,26)/t21-/m0/s1. The second kappa shape index (κ2) is 6.88. The van der Waals surface area contributed by atoms with E-state index in [1.54, 1.807) is 31.5 Å². The van der Waals surface area contributed by atoms with E-state index >= 15 is 0 Å². The van der Waals surface area contributed by atoms with Crippen LogP contribution >= 0.6 is 0 Å². The second-order valence-corrected chi connectivity index (χ2v) is 9.81. The first-order chi connectivity index (χ1) is 13.7. The average molecular weight is 412 g/mol. The minimum atomic E-state index is -3.45. The molecule has 1 aliphatic rings. The summed E-state index contributed by atoms with van der Waals surface area (Å²) >= 11 is 0. The van der Waals surface area contributed by atoms with E-state index in [9.17, 15) is 12.8 Å². The predicted molar refractivity (Wildman–Crippen MR) is 111 cm³/mol. The molecule has 29 heavy (non-hydrogen) atoms. The summed E-state index contributed by atoms with van der Waals surface area (Å²) in [4.78, 5) is 13.2. The molecule has 2 aromatic heterocycles. The number of aliphatic imine (C=N–C) groups is 1. The lowest BCUT2D eigenvalue weighted by Crippen LogP contribution is -2.42. The molecule has 0 fully saturated rings. The van der Waals surface area contributed by atoms with Crippen molar-refractivity contribution in [3.05, 3.63) is 70.9 Å². The van der Waals surface area contributed by atoms with Gasteiger partial charge in [-0.15, -0.1) is 0 Å². The van der Waals surface area contributed by atoms with Gasteiger partial charge in [-0.2, -0.15) is 0 Å². The van der Waals surface area contributed by atoms with Gasteiger partial charge < -0.3 is 5.73 Å². The van der Waals surface area contributed by atoms with E-state index in [1.165, 1.54) is 6.07 Å². The summed E-state index contributed by atoms with van der Waals surface area (Å²) in [5, 5.41) is 0.986. The van der Waals surface area contributed by atoms with Crippen molar-refractivity contribution in [2.45, 2.75) is 25.8 Å². The highest BCUT2D eigenvalue weighted by atomic mass is 32.2. The number of benzene rings is 1. The van der Waals surface area contributed by atoms with Crippen molar-refractivity contribution in [3.63, 3.8) is 0 Å². The zero-order valence-electron chi connectivity index (χ0n) is 16.2. The van der Waals surface area contributed by atoms with Crippen LogP contribution in [0.3, 0.4) is 0 Å². The molecule has 0 bridgehead atoms. The number of pyridine rings is 2. The first-order valence-corrected chi connectivity index (χ1v) is 11.0. The van der Waals surface area contributed by atoms with E-state index in [0.29, 0.717) is 6.42 Å². The smallest absolute Gasteiger partial charge is 0.160 e. The Kier molecular flexibility index (Phi) is 4.61. The lowest BCUT2D eigenvalue weighted by molar-refractivity contribution is 0.489. The Morgan fingerprint density at radius 3 is 2.76 bits per heavy atom. The van der Waals surface area contributed by atoms with E-state index in [1.807, 2.05) is 19.1 Å². The highest BCUT2D eigenvalue weighted by Crippen LogP contribution is 2.33. The number of halogens is 1. The van der Waals surface area contributed by atoms with Crippen molar-refractivity contribution < 1.29 is 12.8 Å². The van der Waals surface area contributed by atoms with Crippen LogP contribution in [0.2, 0.25) is 0 Å². The van der Waals surface area contributed by atoms with E-state index in [4.69, 9.17) is 5.73 Å². The average Bonchev–Trinajstić information content (AvgIpc) is 2.61. The number of hydrogen-bond acceptors (Lipinski definition) is 6. The Morgan fingerprint density at radius 1 is 1.21 bits per heavy atom. The number of rotatable bonds is 3. The van der Waals surface area contributed by atoms with Crippen LogP contribution in [0.15, 0.2) is 47.7 Å². The first kappa shape index (κ1) is 19.4. The SMILES string of the molecule is Cc1cnc2c(Cc3ccc(F)c([C@]4(C)CS(=O)(=O)CC(N)=N4)c3)nccc2c1. The van der Waals surface area contributed by atoms with Crippen molar-refractivity contribution in [1.82, 2.24) is 9.97 Å². The second-order valence-electron chi connectivity index (χ2n) is 7.74. The van der Waals surface area contributed by atoms with Crippen molar-refractivity contribution in [2.24, 2.45) is 10.7 Å². The molecule has 0 aliphatic carbocycles. The number of hydrogen-bond donors (Lipinski definition) is 1. The van der Waals surface area contributed by atoms with Gasteiger partial charge in [0, 0.05) is 29.8 Å². The van der Waals surface area contributed by atoms with Crippen LogP contribution in [0.4, 0.5) is 4.39 Å². The van der Waals surface area contributed by atoms with Gasteiger partial charge in [-0.1, -0.05) is 12.1 Å². The molecule has 6 nitrogen and oxygen atoms in total. The van der Waals surface area contributed by atoms with Crippen LogP contribution in [-0.4, -0.2) is 35.7 Å². The van der Waals surface area contributed by atoms with Gasteiger partial charge in [0.2, 0.25) is 0 Å². The summed E-state index contributed by atoms with van der Waals surface area (Å²) in [7, 11) is -3.45. The van der Waals surface area contributed by atoms with Gasteiger partial charge in [0.15, 0.2) is 9.84 Å². The van der Waals surface area contributed by atoms with E-state index < -0.39 is 21.2 Å². The van der Waals surface area contributed by atoms with E-state index in [0.717, 1.165) is 27.7 Å². The maximum absolute atomic E-state index is 14.7. The Bertz CT molecular complexity index is 1260. The quantitative estimate of drug-likeness (QED) is 0.713. The van der Waals surface area contributed by atoms with Crippen molar-refractivity contribution in [2.75, 3.05) is 11.5 Å². The Labute approximate surface area is 168 Å². The highest BCUT2D eigenvalue weighted by Gasteiger charge is 2.39. The number of aromatic nitrogens is 2. The van der Waals surface area contributed by atoms with Crippen LogP contribution in [0, 0.1) is 12.7 Å². The van der Waals surface area contributed by atoms with Gasteiger partial charge >= 0.3 is 0 Å². The maximum Gasteiger partial charge on any atom is 0.160 e. The van der Waals surface area contributed by atoms with Crippen molar-refractivity contribution in [1.29, 1.82) is 0 Å². The molecule has 1 aliphatic heterocycles. The summed E-state index contributed by atoms with van der Waals surface area (Å²) in [5.74, 6) is -1.09. The fourth-order valence-corrected chi connectivity index (χ4v) is 5.56. The third-order valence-corrected chi connectivity index (χ3v) is 6.79. The van der Waals surface area contributed by atoms with Crippen molar-refractivity contribution in [3.8, 4) is 0 Å². The minimum Gasteiger partial charge on any atom is -0.387 e. The molecule has 150 valence electrons. The molecular weight excluding hydrogens is 391 g/mol. The Balaban J connectivity index is 1.76. The molecule has 0 saturated heterocycles. The fraction of sp³-hybridized carbons (Fsp3) is 0.286. The van der Waals surface area contributed by atoms with Gasteiger partial charge in [0.1, 0.15) is 22.9 Å². The van der Waals surface area contributed by atoms with Gasteiger partial charge in [-0.05, 0) is 43.2 Å². The van der Waals surface area contributed by atoms with Crippen LogP contribution in [0.1, 0.15) is 29.3 Å². The van der Waals surface area contributed by atoms with Gasteiger partial charge in [-0.25, -0.2) is 12.8 Å². The number of nitrogens with two attached hydrogens (primary N) is 1. The molecule has 0 unspecified atom stereocenters. The molecule has 2 N–H and O–H groups in total. The molecule has 1 atom stereocenters.